The zero-order valence-corrected chi connectivity index (χ0v) is 16.2. The van der Waals surface area contributed by atoms with Crippen molar-refractivity contribution < 1.29 is 22.7 Å². The van der Waals surface area contributed by atoms with Crippen LogP contribution in [-0.4, -0.2) is 47.2 Å². The highest BCUT2D eigenvalue weighted by molar-refractivity contribution is 8.15. The van der Waals surface area contributed by atoms with E-state index in [1.165, 1.54) is 30.2 Å². The number of nitrogens with zero attached hydrogens (tertiary/aromatic N) is 1. The van der Waals surface area contributed by atoms with Gasteiger partial charge in [-0.3, -0.25) is 9.79 Å². The Hall–Kier alpha value is -2.72. The van der Waals surface area contributed by atoms with Crippen LogP contribution in [0.3, 0.4) is 0 Å². The minimum Gasteiger partial charge on any atom is -0.481 e. The number of carboxylic acid groups (broad SMARTS) is 1. The normalized spacial score (nSPS) is 17.0. The van der Waals surface area contributed by atoms with Crippen molar-refractivity contribution in [3.05, 3.63) is 48.4 Å². The summed E-state index contributed by atoms with van der Waals surface area (Å²) in [6, 6.07) is 10.4. The van der Waals surface area contributed by atoms with Gasteiger partial charge in [0.1, 0.15) is 10.9 Å². The van der Waals surface area contributed by atoms with Crippen LogP contribution in [-0.2, 0) is 14.6 Å². The van der Waals surface area contributed by atoms with Crippen LogP contribution >= 0.6 is 11.8 Å². The summed E-state index contributed by atoms with van der Waals surface area (Å²) in [6.45, 7) is 0.466. The molecule has 0 amide bonds. The molecule has 3 aromatic rings. The number of aromatic amines is 1. The third kappa shape index (κ3) is 3.78. The summed E-state index contributed by atoms with van der Waals surface area (Å²) >= 11 is 1.44. The molecule has 0 aliphatic carbocycles. The number of hydrogen-bond acceptors (Lipinski definition) is 7. The van der Waals surface area contributed by atoms with Crippen LogP contribution in [0, 0.1) is 0 Å². The summed E-state index contributed by atoms with van der Waals surface area (Å²) in [6.07, 6.45) is 1.39. The quantitative estimate of drug-likeness (QED) is 0.538. The average Bonchev–Trinajstić information content (AvgIpc) is 3.38. The largest absolute Gasteiger partial charge is 0.481 e. The molecular weight excluding hydrogens is 402 g/mol. The van der Waals surface area contributed by atoms with Crippen LogP contribution in [0.1, 0.15) is 12.1 Å². The van der Waals surface area contributed by atoms with Gasteiger partial charge in [-0.15, -0.1) is 0 Å². The Balaban J connectivity index is 1.54. The standard InChI is InChI=1S/C18H17N3O5S2/c22-15(23)8-12-9-19-18(27-12)14-7-11-3-1-4-13(17(11)21-14)20-10-28(24,25)16-5-2-6-26-16/h1-7,12,20-21H,8-10H2,(H,22,23). The van der Waals surface area contributed by atoms with Gasteiger partial charge in [0.15, 0.2) is 0 Å². The lowest BCUT2D eigenvalue weighted by Crippen LogP contribution is -2.14. The van der Waals surface area contributed by atoms with Crippen LogP contribution in [0.4, 0.5) is 5.69 Å². The highest BCUT2D eigenvalue weighted by Gasteiger charge is 2.24. The van der Waals surface area contributed by atoms with Gasteiger partial charge >= 0.3 is 5.97 Å². The predicted octanol–water partition coefficient (Wildman–Crippen LogP) is 2.94. The molecule has 3 N–H and O–H groups in total. The number of furan rings is 1. The van der Waals surface area contributed by atoms with Crippen LogP contribution in [0.15, 0.2) is 57.2 Å². The van der Waals surface area contributed by atoms with E-state index in [1.807, 2.05) is 18.2 Å². The second-order valence-electron chi connectivity index (χ2n) is 6.30. The molecule has 8 nitrogen and oxygen atoms in total. The molecule has 0 bridgehead atoms. The van der Waals surface area contributed by atoms with Crippen molar-refractivity contribution in [2.24, 2.45) is 4.99 Å². The van der Waals surface area contributed by atoms with E-state index >= 15 is 0 Å². The molecule has 3 heterocycles. The minimum absolute atomic E-state index is 0.0648. The summed E-state index contributed by atoms with van der Waals surface area (Å²) in [4.78, 5) is 18.6. The SMILES string of the molecule is O=C(O)CC1CN=C(c2cc3cccc(NCS(=O)(=O)c4ccco4)c3[nH]2)S1. The third-order valence-corrected chi connectivity index (χ3v) is 6.85. The van der Waals surface area contributed by atoms with Gasteiger partial charge in [-0.2, -0.15) is 0 Å². The Morgan fingerprint density at radius 2 is 2.21 bits per heavy atom. The van der Waals surface area contributed by atoms with Crippen LogP contribution in [0.2, 0.25) is 0 Å². The number of thioether (sulfide) groups is 1. The van der Waals surface area contributed by atoms with E-state index < -0.39 is 15.8 Å². The molecule has 1 aromatic carbocycles. The summed E-state index contributed by atoms with van der Waals surface area (Å²) in [5.74, 6) is -1.14. The van der Waals surface area contributed by atoms with Crippen LogP contribution < -0.4 is 5.32 Å². The molecule has 0 saturated carbocycles. The van der Waals surface area contributed by atoms with E-state index in [0.717, 1.165) is 21.6 Å². The van der Waals surface area contributed by atoms with E-state index in [4.69, 9.17) is 9.52 Å². The molecule has 4 rings (SSSR count). The second-order valence-corrected chi connectivity index (χ2v) is 9.51. The number of carbonyl (C=O) groups is 1. The molecule has 0 saturated heterocycles. The second kappa shape index (κ2) is 7.36. The lowest BCUT2D eigenvalue weighted by Gasteiger charge is -2.07. The van der Waals surface area contributed by atoms with Crippen LogP contribution in [0.5, 0.6) is 0 Å². The number of hydrogen-bond donors (Lipinski definition) is 3. The number of H-pyrrole nitrogens is 1. The first-order valence-corrected chi connectivity index (χ1v) is 11.0. The van der Waals surface area contributed by atoms with Gasteiger partial charge in [0.2, 0.25) is 14.9 Å². The third-order valence-electron chi connectivity index (χ3n) is 4.26. The maximum Gasteiger partial charge on any atom is 0.304 e. The Morgan fingerprint density at radius 1 is 1.36 bits per heavy atom. The number of nitrogens with one attached hydrogen (secondary N) is 2. The van der Waals surface area contributed by atoms with Crippen molar-refractivity contribution in [2.45, 2.75) is 16.8 Å². The number of fused-ring (bicyclic) bond motifs is 1. The van der Waals surface area contributed by atoms with Gasteiger partial charge in [-0.1, -0.05) is 23.9 Å². The fraction of sp³-hybridized carbons (Fsp3) is 0.222. The monoisotopic (exact) mass is 419 g/mol. The summed E-state index contributed by atoms with van der Waals surface area (Å²) in [5, 5.41) is 13.4. The van der Waals surface area contributed by atoms with Crippen LogP contribution in [0.25, 0.3) is 10.9 Å². The number of anilines is 1. The van der Waals surface area contributed by atoms with E-state index in [1.54, 1.807) is 6.07 Å². The van der Waals surface area contributed by atoms with Crippen molar-refractivity contribution in [1.29, 1.82) is 0 Å². The van der Waals surface area contributed by atoms with E-state index in [-0.39, 0.29) is 22.6 Å². The van der Waals surface area contributed by atoms with E-state index in [0.29, 0.717) is 12.2 Å². The number of para-hydroxylation sites is 1. The van der Waals surface area contributed by atoms with Gasteiger partial charge < -0.3 is 19.8 Å². The molecule has 2 aromatic heterocycles. The summed E-state index contributed by atoms with van der Waals surface area (Å²) in [7, 11) is -3.59. The first-order valence-electron chi connectivity index (χ1n) is 8.47. The predicted molar refractivity (Wildman–Crippen MR) is 108 cm³/mol. The zero-order valence-electron chi connectivity index (χ0n) is 14.6. The summed E-state index contributed by atoms with van der Waals surface area (Å²) < 4.78 is 29.6. The lowest BCUT2D eigenvalue weighted by atomic mass is 10.2. The smallest absolute Gasteiger partial charge is 0.304 e. The Kier molecular flexibility index (Phi) is 4.90. The van der Waals surface area contributed by atoms with Gasteiger partial charge in [-0.25, -0.2) is 8.42 Å². The van der Waals surface area contributed by atoms with Gasteiger partial charge in [0.05, 0.1) is 36.1 Å². The number of rotatable bonds is 7. The molecule has 0 spiro atoms. The fourth-order valence-corrected chi connectivity index (χ4v) is 5.02. The van der Waals surface area contributed by atoms with E-state index in [2.05, 4.69) is 15.3 Å². The average molecular weight is 419 g/mol. The Bertz CT molecular complexity index is 1150. The number of aliphatic carboxylic acids is 1. The van der Waals surface area contributed by atoms with Gasteiger partial charge in [0, 0.05) is 10.6 Å². The number of aromatic nitrogens is 1. The molecule has 1 atom stereocenters. The molecule has 28 heavy (non-hydrogen) atoms. The van der Waals surface area contributed by atoms with Crippen molar-refractivity contribution >= 4 is 49.2 Å². The number of carboxylic acids is 1. The molecule has 146 valence electrons. The molecular formula is C18H17N3O5S2. The summed E-state index contributed by atoms with van der Waals surface area (Å²) in [5.41, 5.74) is 2.19. The fourth-order valence-electron chi connectivity index (χ4n) is 2.97. The topological polar surface area (TPSA) is 125 Å². The Morgan fingerprint density at radius 3 is 2.96 bits per heavy atom. The highest BCUT2D eigenvalue weighted by atomic mass is 32.2. The molecule has 1 unspecified atom stereocenters. The van der Waals surface area contributed by atoms with Crippen molar-refractivity contribution in [2.75, 3.05) is 17.7 Å². The lowest BCUT2D eigenvalue weighted by molar-refractivity contribution is -0.136. The molecule has 0 fully saturated rings. The van der Waals surface area contributed by atoms with E-state index in [9.17, 15) is 13.2 Å². The first kappa shape index (κ1) is 18.6. The molecule has 0 radical (unpaired) electrons. The number of benzene rings is 1. The number of aliphatic imine (C=N–C) groups is 1. The maximum atomic E-state index is 12.3. The van der Waals surface area contributed by atoms with Gasteiger partial charge in [-0.05, 0) is 24.3 Å². The Labute approximate surface area is 165 Å². The minimum atomic E-state index is -3.59. The molecule has 10 heteroatoms. The number of sulfone groups is 1. The van der Waals surface area contributed by atoms with Crippen molar-refractivity contribution in [3.63, 3.8) is 0 Å². The highest BCUT2D eigenvalue weighted by Crippen LogP contribution is 2.31. The van der Waals surface area contributed by atoms with Crippen molar-refractivity contribution in [3.8, 4) is 0 Å². The zero-order chi connectivity index (χ0) is 19.7. The van der Waals surface area contributed by atoms with Crippen molar-refractivity contribution in [1.82, 2.24) is 4.98 Å². The van der Waals surface area contributed by atoms with Gasteiger partial charge in [0.25, 0.3) is 0 Å². The molecule has 1 aliphatic heterocycles. The first-order chi connectivity index (χ1) is 13.4. The molecule has 1 aliphatic rings. The maximum absolute atomic E-state index is 12.3.